The van der Waals surface area contributed by atoms with Gasteiger partial charge in [-0.25, -0.2) is 0 Å². The Balaban J connectivity index is 0. The second-order valence-electron chi connectivity index (χ2n) is 4.76. The van der Waals surface area contributed by atoms with Crippen LogP contribution in [0, 0.1) is 11.8 Å². The molecule has 0 aliphatic heterocycles. The second kappa shape index (κ2) is 13.4. The van der Waals surface area contributed by atoms with Crippen LogP contribution in [0.4, 0.5) is 0 Å². The second-order valence-corrected chi connectivity index (χ2v) is 4.76. The van der Waals surface area contributed by atoms with Gasteiger partial charge in [0.05, 0.1) is 0 Å². The first-order valence-electron chi connectivity index (χ1n) is 6.77. The number of halogens is 1. The minimum atomic E-state index is 0. The van der Waals surface area contributed by atoms with Gasteiger partial charge in [-0.05, 0) is 38.5 Å². The van der Waals surface area contributed by atoms with Crippen molar-refractivity contribution < 1.29 is 5.11 Å². The molecule has 0 aliphatic carbocycles. The molecule has 0 saturated heterocycles. The van der Waals surface area contributed by atoms with Crippen LogP contribution in [-0.2, 0) is 0 Å². The molecule has 4 nitrogen and oxygen atoms in total. The van der Waals surface area contributed by atoms with E-state index in [9.17, 15) is 0 Å². The molecule has 18 heavy (non-hydrogen) atoms. The van der Waals surface area contributed by atoms with E-state index < -0.39 is 0 Å². The van der Waals surface area contributed by atoms with Gasteiger partial charge in [0.2, 0.25) is 0 Å². The van der Waals surface area contributed by atoms with E-state index in [0.717, 1.165) is 38.4 Å². The van der Waals surface area contributed by atoms with Crippen molar-refractivity contribution >= 4 is 29.9 Å². The predicted molar refractivity (Wildman–Crippen MR) is 89.7 cm³/mol. The topological polar surface area (TPSA) is 56.7 Å². The van der Waals surface area contributed by atoms with Gasteiger partial charge in [-0.1, -0.05) is 13.8 Å². The Hall–Kier alpha value is -0.0400. The molecule has 0 amide bonds. The number of guanidine groups is 1. The molecule has 0 fully saturated rings. The molecule has 0 bridgehead atoms. The summed E-state index contributed by atoms with van der Waals surface area (Å²) < 4.78 is 0. The van der Waals surface area contributed by atoms with Crippen LogP contribution in [0.5, 0.6) is 0 Å². The average Bonchev–Trinajstić information content (AvgIpc) is 2.26. The lowest BCUT2D eigenvalue weighted by atomic mass is 9.94. The fraction of sp³-hybridized carbons (Fsp3) is 0.923. The number of hydrogen-bond donors (Lipinski definition) is 3. The molecule has 0 aliphatic rings. The molecule has 0 aromatic rings. The molecule has 1 atom stereocenters. The number of aliphatic hydroxyl groups excluding tert-OH is 1. The normalized spacial score (nSPS) is 11.7. The largest absolute Gasteiger partial charge is 0.396 e. The maximum atomic E-state index is 9.04. The lowest BCUT2D eigenvalue weighted by Crippen LogP contribution is -2.37. The summed E-state index contributed by atoms with van der Waals surface area (Å²) in [4.78, 5) is 4.56. The molecule has 0 radical (unpaired) electrons. The van der Waals surface area contributed by atoms with Crippen LogP contribution in [-0.4, -0.2) is 37.3 Å². The Kier molecular flexibility index (Phi) is 15.1. The van der Waals surface area contributed by atoms with E-state index in [1.54, 1.807) is 0 Å². The zero-order valence-corrected chi connectivity index (χ0v) is 14.5. The van der Waals surface area contributed by atoms with Gasteiger partial charge in [-0.2, -0.15) is 0 Å². The summed E-state index contributed by atoms with van der Waals surface area (Å²) in [5.41, 5.74) is 0. The highest BCUT2D eigenvalue weighted by Crippen LogP contribution is 2.15. The van der Waals surface area contributed by atoms with Crippen molar-refractivity contribution in [3.8, 4) is 0 Å². The van der Waals surface area contributed by atoms with Crippen molar-refractivity contribution in [2.45, 2.75) is 40.5 Å². The summed E-state index contributed by atoms with van der Waals surface area (Å²) in [5, 5.41) is 15.5. The van der Waals surface area contributed by atoms with E-state index in [1.165, 1.54) is 0 Å². The first kappa shape index (κ1) is 20.3. The molecule has 0 heterocycles. The molecular weight excluding hydrogens is 341 g/mol. The number of aliphatic imine (C=N–C) groups is 1. The van der Waals surface area contributed by atoms with Crippen LogP contribution in [0.3, 0.4) is 0 Å². The molecular formula is C13H30IN3O. The number of aliphatic hydroxyl groups is 1. The van der Waals surface area contributed by atoms with E-state index in [1.807, 2.05) is 0 Å². The van der Waals surface area contributed by atoms with E-state index in [2.05, 4.69) is 43.3 Å². The molecule has 0 saturated carbocycles. The fourth-order valence-corrected chi connectivity index (χ4v) is 1.86. The van der Waals surface area contributed by atoms with Crippen molar-refractivity contribution in [3.05, 3.63) is 0 Å². The summed E-state index contributed by atoms with van der Waals surface area (Å²) in [6, 6.07) is 0. The van der Waals surface area contributed by atoms with Crippen LogP contribution < -0.4 is 10.6 Å². The lowest BCUT2D eigenvalue weighted by molar-refractivity contribution is 0.245. The van der Waals surface area contributed by atoms with Crippen molar-refractivity contribution in [2.75, 3.05) is 26.2 Å². The van der Waals surface area contributed by atoms with Crippen molar-refractivity contribution in [1.82, 2.24) is 10.6 Å². The van der Waals surface area contributed by atoms with Crippen LogP contribution in [0.15, 0.2) is 4.99 Å². The number of hydrogen-bond acceptors (Lipinski definition) is 2. The number of nitrogens with one attached hydrogen (secondary N) is 2. The smallest absolute Gasteiger partial charge is 0.191 e. The fourth-order valence-electron chi connectivity index (χ4n) is 1.86. The minimum absolute atomic E-state index is 0. The third-order valence-electron chi connectivity index (χ3n) is 2.54. The summed E-state index contributed by atoms with van der Waals surface area (Å²) in [6.07, 6.45) is 1.96. The molecule has 3 N–H and O–H groups in total. The van der Waals surface area contributed by atoms with E-state index >= 15 is 0 Å². The summed E-state index contributed by atoms with van der Waals surface area (Å²) >= 11 is 0. The number of nitrogens with zero attached hydrogens (tertiary/aromatic N) is 1. The van der Waals surface area contributed by atoms with Gasteiger partial charge in [0.15, 0.2) is 5.96 Å². The maximum Gasteiger partial charge on any atom is 0.191 e. The van der Waals surface area contributed by atoms with Crippen LogP contribution >= 0.6 is 24.0 Å². The molecule has 0 aromatic carbocycles. The first-order valence-corrected chi connectivity index (χ1v) is 6.77. The maximum absolute atomic E-state index is 9.04. The molecule has 1 unspecified atom stereocenters. The van der Waals surface area contributed by atoms with E-state index in [4.69, 9.17) is 5.11 Å². The SMILES string of the molecule is CCNC(=NCC(CCO)CC(C)C)NCC.I. The molecule has 0 rings (SSSR count). The zero-order chi connectivity index (χ0) is 13.1. The average molecular weight is 371 g/mol. The van der Waals surface area contributed by atoms with Gasteiger partial charge >= 0.3 is 0 Å². The Bertz CT molecular complexity index is 202. The third-order valence-corrected chi connectivity index (χ3v) is 2.54. The van der Waals surface area contributed by atoms with E-state index in [-0.39, 0.29) is 30.6 Å². The Morgan fingerprint density at radius 1 is 1.17 bits per heavy atom. The predicted octanol–water partition coefficient (Wildman–Crippen LogP) is 2.22. The molecule has 0 spiro atoms. The Labute approximate surface area is 129 Å². The first-order chi connectivity index (χ1) is 8.13. The van der Waals surface area contributed by atoms with Gasteiger partial charge in [-0.3, -0.25) is 4.99 Å². The summed E-state index contributed by atoms with van der Waals surface area (Å²) in [5.74, 6) is 2.01. The molecule has 5 heteroatoms. The third kappa shape index (κ3) is 11.1. The van der Waals surface area contributed by atoms with Crippen LogP contribution in [0.25, 0.3) is 0 Å². The quantitative estimate of drug-likeness (QED) is 0.348. The summed E-state index contributed by atoms with van der Waals surface area (Å²) in [7, 11) is 0. The molecule has 110 valence electrons. The van der Waals surface area contributed by atoms with Crippen LogP contribution in [0.1, 0.15) is 40.5 Å². The highest BCUT2D eigenvalue weighted by molar-refractivity contribution is 14.0. The highest BCUT2D eigenvalue weighted by Gasteiger charge is 2.10. The van der Waals surface area contributed by atoms with Crippen molar-refractivity contribution in [1.29, 1.82) is 0 Å². The van der Waals surface area contributed by atoms with Gasteiger partial charge in [0.25, 0.3) is 0 Å². The van der Waals surface area contributed by atoms with Gasteiger partial charge in [-0.15, -0.1) is 24.0 Å². The minimum Gasteiger partial charge on any atom is -0.396 e. The lowest BCUT2D eigenvalue weighted by Gasteiger charge is -2.17. The van der Waals surface area contributed by atoms with Gasteiger partial charge < -0.3 is 15.7 Å². The molecule has 0 aromatic heterocycles. The van der Waals surface area contributed by atoms with E-state index in [0.29, 0.717) is 11.8 Å². The van der Waals surface area contributed by atoms with Gasteiger partial charge in [0, 0.05) is 26.2 Å². The van der Waals surface area contributed by atoms with Crippen molar-refractivity contribution in [3.63, 3.8) is 0 Å². The number of rotatable bonds is 8. The van der Waals surface area contributed by atoms with Gasteiger partial charge in [0.1, 0.15) is 0 Å². The standard InChI is InChI=1S/C13H29N3O.HI/c1-5-14-13(15-6-2)16-10-12(7-8-17)9-11(3)4;/h11-12,17H,5-10H2,1-4H3,(H2,14,15,16);1H. The Morgan fingerprint density at radius 2 is 1.72 bits per heavy atom. The summed E-state index contributed by atoms with van der Waals surface area (Å²) in [6.45, 7) is 11.3. The van der Waals surface area contributed by atoms with Crippen molar-refractivity contribution in [2.24, 2.45) is 16.8 Å². The zero-order valence-electron chi connectivity index (χ0n) is 12.2. The van der Waals surface area contributed by atoms with Crippen LogP contribution in [0.2, 0.25) is 0 Å². The monoisotopic (exact) mass is 371 g/mol. The Morgan fingerprint density at radius 3 is 2.11 bits per heavy atom. The highest BCUT2D eigenvalue weighted by atomic mass is 127.